The van der Waals surface area contributed by atoms with Gasteiger partial charge in [0.25, 0.3) is 0 Å². The van der Waals surface area contributed by atoms with E-state index in [9.17, 15) is 0 Å². The molecule has 2 rings (SSSR count). The van der Waals surface area contributed by atoms with Crippen molar-refractivity contribution in [3.63, 3.8) is 0 Å². The van der Waals surface area contributed by atoms with Crippen LogP contribution in [0.4, 0.5) is 0 Å². The standard InChI is InChI=1S/C28H40N2.C3H6/c1-10-20(4)23(11-2)19-21(5)28(7,29-22(6)30(8)9)27(12-3)26-17-15-25(16-18-26)24-13-14-24;1-3-2/h10-12,15-19,24,27,29H,3,6,13-14H2,1-2,4-5,7-9H3;3H,1H2,2H3/b20-10+,21-19+,23-11+;/t27-,28-;/m1./s1. The molecule has 0 saturated heterocycles. The van der Waals surface area contributed by atoms with Crippen LogP contribution in [0.5, 0.6) is 0 Å². The van der Waals surface area contributed by atoms with Crippen LogP contribution in [0.15, 0.2) is 96.9 Å². The third-order valence-corrected chi connectivity index (χ3v) is 6.54. The molecule has 180 valence electrons. The average molecular weight is 447 g/mol. The van der Waals surface area contributed by atoms with Crippen LogP contribution in [0.1, 0.15) is 77.3 Å². The van der Waals surface area contributed by atoms with Gasteiger partial charge in [0.05, 0.1) is 11.4 Å². The molecule has 1 aromatic carbocycles. The predicted octanol–water partition coefficient (Wildman–Crippen LogP) is 8.27. The van der Waals surface area contributed by atoms with Crippen LogP contribution < -0.4 is 5.32 Å². The fourth-order valence-corrected chi connectivity index (χ4v) is 3.91. The van der Waals surface area contributed by atoms with Gasteiger partial charge in [0, 0.05) is 20.0 Å². The van der Waals surface area contributed by atoms with Crippen LogP contribution in [0.2, 0.25) is 0 Å². The van der Waals surface area contributed by atoms with Crippen LogP contribution >= 0.6 is 0 Å². The molecule has 1 saturated carbocycles. The highest BCUT2D eigenvalue weighted by Crippen LogP contribution is 2.42. The Morgan fingerprint density at radius 3 is 2.00 bits per heavy atom. The van der Waals surface area contributed by atoms with E-state index in [1.807, 2.05) is 25.9 Å². The first-order valence-electron chi connectivity index (χ1n) is 12.0. The van der Waals surface area contributed by atoms with E-state index < -0.39 is 0 Å². The molecule has 0 amide bonds. The van der Waals surface area contributed by atoms with Crippen LogP contribution in [0.25, 0.3) is 0 Å². The van der Waals surface area contributed by atoms with Crippen molar-refractivity contribution in [1.29, 1.82) is 0 Å². The molecular formula is C31H46N2. The number of hydrogen-bond acceptors (Lipinski definition) is 2. The molecule has 0 aliphatic heterocycles. The van der Waals surface area contributed by atoms with E-state index in [1.54, 1.807) is 6.08 Å². The Morgan fingerprint density at radius 2 is 1.61 bits per heavy atom. The van der Waals surface area contributed by atoms with Crippen LogP contribution in [0, 0.1) is 0 Å². The molecule has 0 bridgehead atoms. The first-order valence-corrected chi connectivity index (χ1v) is 12.0. The summed E-state index contributed by atoms with van der Waals surface area (Å²) in [5.74, 6) is 1.75. The van der Waals surface area contributed by atoms with Gasteiger partial charge < -0.3 is 10.2 Å². The van der Waals surface area contributed by atoms with E-state index in [0.717, 1.165) is 11.7 Å². The molecule has 1 aliphatic rings. The summed E-state index contributed by atoms with van der Waals surface area (Å²) in [4.78, 5) is 2.02. The zero-order chi connectivity index (χ0) is 25.2. The Balaban J connectivity index is 0.00000172. The fourth-order valence-electron chi connectivity index (χ4n) is 3.91. The van der Waals surface area contributed by atoms with Gasteiger partial charge in [0.2, 0.25) is 0 Å². The molecule has 2 heteroatoms. The summed E-state index contributed by atoms with van der Waals surface area (Å²) in [6.45, 7) is 24.5. The van der Waals surface area contributed by atoms with Crippen molar-refractivity contribution in [2.75, 3.05) is 14.1 Å². The molecule has 1 aliphatic carbocycles. The van der Waals surface area contributed by atoms with E-state index in [2.05, 4.69) is 108 Å². The molecule has 1 aromatic rings. The van der Waals surface area contributed by atoms with E-state index in [4.69, 9.17) is 0 Å². The van der Waals surface area contributed by atoms with Gasteiger partial charge in [-0.1, -0.05) is 61.2 Å². The lowest BCUT2D eigenvalue weighted by Crippen LogP contribution is -2.49. The van der Waals surface area contributed by atoms with Crippen LogP contribution in [0.3, 0.4) is 0 Å². The minimum Gasteiger partial charge on any atom is -0.365 e. The van der Waals surface area contributed by atoms with E-state index in [-0.39, 0.29) is 11.5 Å². The minimum absolute atomic E-state index is 0.0997. The van der Waals surface area contributed by atoms with Crippen molar-refractivity contribution in [3.05, 3.63) is 108 Å². The second-order valence-corrected chi connectivity index (χ2v) is 9.27. The number of hydrogen-bond donors (Lipinski definition) is 1. The van der Waals surface area contributed by atoms with Crippen molar-refractivity contribution in [2.45, 2.75) is 71.8 Å². The number of rotatable bonds is 10. The Hall–Kier alpha value is -2.74. The second-order valence-electron chi connectivity index (χ2n) is 9.27. The highest BCUT2D eigenvalue weighted by Gasteiger charge is 2.36. The van der Waals surface area contributed by atoms with Gasteiger partial charge in [0.1, 0.15) is 0 Å². The van der Waals surface area contributed by atoms with E-state index in [0.29, 0.717) is 0 Å². The lowest BCUT2D eigenvalue weighted by molar-refractivity contribution is 0.350. The normalized spacial score (nSPS) is 17.2. The van der Waals surface area contributed by atoms with E-state index >= 15 is 0 Å². The maximum Gasteiger partial charge on any atom is 0.0940 e. The van der Waals surface area contributed by atoms with Crippen molar-refractivity contribution >= 4 is 0 Å². The molecule has 0 spiro atoms. The van der Waals surface area contributed by atoms with Gasteiger partial charge in [-0.3, -0.25) is 0 Å². The van der Waals surface area contributed by atoms with E-state index in [1.165, 1.54) is 40.7 Å². The van der Waals surface area contributed by atoms with Gasteiger partial charge in [-0.15, -0.1) is 13.2 Å². The zero-order valence-corrected chi connectivity index (χ0v) is 22.3. The van der Waals surface area contributed by atoms with Crippen LogP contribution in [-0.4, -0.2) is 24.5 Å². The van der Waals surface area contributed by atoms with Crippen LogP contribution in [-0.2, 0) is 0 Å². The first kappa shape index (κ1) is 28.3. The Kier molecular flexibility index (Phi) is 11.2. The fraction of sp³-hybridized carbons (Fsp3) is 0.419. The second kappa shape index (κ2) is 13.1. The van der Waals surface area contributed by atoms with Crippen molar-refractivity contribution in [3.8, 4) is 0 Å². The summed E-state index contributed by atoms with van der Waals surface area (Å²) in [5, 5.41) is 3.72. The van der Waals surface area contributed by atoms with Crippen molar-refractivity contribution in [2.24, 2.45) is 0 Å². The zero-order valence-electron chi connectivity index (χ0n) is 22.3. The SMILES string of the molecule is C=CC.C=C[C@H](c1ccc(C2CC2)cc1)[C@](C)(NC(=C)N(C)C)/C(C)=C/C(=C\C)C(/C)=C/C. The lowest BCUT2D eigenvalue weighted by atomic mass is 9.75. The van der Waals surface area contributed by atoms with Crippen molar-refractivity contribution < 1.29 is 0 Å². The highest BCUT2D eigenvalue weighted by atomic mass is 15.2. The molecule has 2 atom stereocenters. The number of benzene rings is 1. The Morgan fingerprint density at radius 1 is 1.06 bits per heavy atom. The first-order chi connectivity index (χ1) is 15.6. The summed E-state index contributed by atoms with van der Waals surface area (Å²) >= 11 is 0. The number of nitrogens with one attached hydrogen (secondary N) is 1. The summed E-state index contributed by atoms with van der Waals surface area (Å²) in [7, 11) is 4.03. The third-order valence-electron chi connectivity index (χ3n) is 6.54. The lowest BCUT2D eigenvalue weighted by Gasteiger charge is -2.41. The van der Waals surface area contributed by atoms with Gasteiger partial charge in [-0.05, 0) is 88.1 Å². The molecule has 33 heavy (non-hydrogen) atoms. The molecule has 2 nitrogen and oxygen atoms in total. The largest absolute Gasteiger partial charge is 0.365 e. The topological polar surface area (TPSA) is 15.3 Å². The maximum atomic E-state index is 4.26. The molecule has 0 heterocycles. The van der Waals surface area contributed by atoms with Gasteiger partial charge in [-0.2, -0.15) is 0 Å². The molecule has 0 radical (unpaired) electrons. The molecule has 1 N–H and O–H groups in total. The molecule has 0 unspecified atom stereocenters. The summed E-state index contributed by atoms with van der Waals surface area (Å²) in [6.07, 6.45) is 13.1. The van der Waals surface area contributed by atoms with Gasteiger partial charge in [-0.25, -0.2) is 0 Å². The van der Waals surface area contributed by atoms with Gasteiger partial charge >= 0.3 is 0 Å². The summed E-state index contributed by atoms with van der Waals surface area (Å²) in [5.41, 5.74) is 6.12. The Bertz CT molecular complexity index is 891. The monoisotopic (exact) mass is 446 g/mol. The molecular weight excluding hydrogens is 400 g/mol. The summed E-state index contributed by atoms with van der Waals surface area (Å²) < 4.78 is 0. The quantitative estimate of drug-likeness (QED) is 0.287. The summed E-state index contributed by atoms with van der Waals surface area (Å²) in [6, 6.07) is 9.15. The molecule has 0 aromatic heterocycles. The number of allylic oxidation sites excluding steroid dienone is 6. The highest BCUT2D eigenvalue weighted by molar-refractivity contribution is 5.45. The predicted molar refractivity (Wildman–Crippen MR) is 149 cm³/mol. The van der Waals surface area contributed by atoms with Crippen molar-refractivity contribution in [1.82, 2.24) is 10.2 Å². The Labute approximate surface area is 204 Å². The van der Waals surface area contributed by atoms with Gasteiger partial charge in [0.15, 0.2) is 0 Å². The minimum atomic E-state index is -0.369. The number of nitrogens with zero attached hydrogens (tertiary/aromatic N) is 1. The molecule has 1 fully saturated rings. The average Bonchev–Trinajstić information content (AvgIpc) is 3.63. The smallest absolute Gasteiger partial charge is 0.0940 e. The maximum absolute atomic E-state index is 4.26. The third kappa shape index (κ3) is 7.67.